The molecule has 0 radical (unpaired) electrons. The van der Waals surface area contributed by atoms with Gasteiger partial charge in [0.05, 0.1) is 0 Å². The highest BCUT2D eigenvalue weighted by Crippen LogP contribution is 2.28. The SMILES string of the molecule is CCNC(C)c1cccnc1Sc1nccc(=O)[nH]1. The van der Waals surface area contributed by atoms with E-state index in [1.54, 1.807) is 6.20 Å². The Morgan fingerprint density at radius 1 is 1.37 bits per heavy atom. The fraction of sp³-hybridized carbons (Fsp3) is 0.308. The summed E-state index contributed by atoms with van der Waals surface area (Å²) in [5.74, 6) is 0. The summed E-state index contributed by atoms with van der Waals surface area (Å²) in [4.78, 5) is 22.4. The van der Waals surface area contributed by atoms with Gasteiger partial charge in [-0.05, 0) is 31.3 Å². The van der Waals surface area contributed by atoms with Gasteiger partial charge < -0.3 is 10.3 Å². The fourth-order valence-corrected chi connectivity index (χ4v) is 2.65. The van der Waals surface area contributed by atoms with E-state index in [0.29, 0.717) is 5.16 Å². The molecule has 2 N–H and O–H groups in total. The van der Waals surface area contributed by atoms with Crippen molar-refractivity contribution in [3.63, 3.8) is 0 Å². The number of H-pyrrole nitrogens is 1. The molecular weight excluding hydrogens is 260 g/mol. The Balaban J connectivity index is 2.27. The zero-order chi connectivity index (χ0) is 13.7. The van der Waals surface area contributed by atoms with Gasteiger partial charge in [0.1, 0.15) is 5.03 Å². The number of aromatic nitrogens is 3. The molecule has 6 heteroatoms. The monoisotopic (exact) mass is 276 g/mol. The van der Waals surface area contributed by atoms with Crippen LogP contribution in [-0.4, -0.2) is 21.5 Å². The smallest absolute Gasteiger partial charge is 0.251 e. The van der Waals surface area contributed by atoms with Crippen LogP contribution < -0.4 is 10.9 Å². The second kappa shape index (κ2) is 6.49. The molecule has 0 aliphatic carbocycles. The largest absolute Gasteiger partial charge is 0.310 e. The lowest BCUT2D eigenvalue weighted by molar-refractivity contribution is 0.585. The molecule has 2 aromatic heterocycles. The number of pyridine rings is 1. The number of hydrogen-bond donors (Lipinski definition) is 2. The van der Waals surface area contributed by atoms with Crippen molar-refractivity contribution in [1.29, 1.82) is 0 Å². The van der Waals surface area contributed by atoms with Crippen LogP contribution in [0.15, 0.2) is 45.6 Å². The highest BCUT2D eigenvalue weighted by molar-refractivity contribution is 7.99. The Kier molecular flexibility index (Phi) is 4.70. The quantitative estimate of drug-likeness (QED) is 0.817. The van der Waals surface area contributed by atoms with E-state index in [0.717, 1.165) is 17.1 Å². The molecule has 0 aliphatic heterocycles. The normalized spacial score (nSPS) is 12.3. The number of nitrogens with one attached hydrogen (secondary N) is 2. The first-order valence-corrected chi connectivity index (χ1v) is 6.94. The minimum Gasteiger partial charge on any atom is -0.310 e. The molecule has 2 rings (SSSR count). The first-order chi connectivity index (χ1) is 9.20. The second-order valence-electron chi connectivity index (χ2n) is 4.02. The third-order valence-electron chi connectivity index (χ3n) is 2.62. The molecule has 0 fully saturated rings. The summed E-state index contributed by atoms with van der Waals surface area (Å²) < 4.78 is 0. The molecule has 19 heavy (non-hydrogen) atoms. The van der Waals surface area contributed by atoms with Crippen LogP contribution in [0.1, 0.15) is 25.5 Å². The lowest BCUT2D eigenvalue weighted by atomic mass is 10.1. The van der Waals surface area contributed by atoms with Crippen LogP contribution in [0.4, 0.5) is 0 Å². The van der Waals surface area contributed by atoms with Gasteiger partial charge in [0.15, 0.2) is 5.16 Å². The molecule has 0 aromatic carbocycles. The summed E-state index contributed by atoms with van der Waals surface area (Å²) in [7, 11) is 0. The van der Waals surface area contributed by atoms with Crippen LogP contribution in [0.3, 0.4) is 0 Å². The van der Waals surface area contributed by atoms with E-state index in [4.69, 9.17) is 0 Å². The van der Waals surface area contributed by atoms with Crippen LogP contribution in [0.5, 0.6) is 0 Å². The molecule has 0 bridgehead atoms. The van der Waals surface area contributed by atoms with Gasteiger partial charge in [0.25, 0.3) is 5.56 Å². The summed E-state index contributed by atoms with van der Waals surface area (Å²) in [5.41, 5.74) is 0.940. The summed E-state index contributed by atoms with van der Waals surface area (Å²) >= 11 is 1.36. The molecule has 2 aromatic rings. The predicted molar refractivity (Wildman–Crippen MR) is 75.3 cm³/mol. The number of hydrogen-bond acceptors (Lipinski definition) is 5. The van der Waals surface area contributed by atoms with E-state index >= 15 is 0 Å². The molecule has 0 spiro atoms. The second-order valence-corrected chi connectivity index (χ2v) is 5.00. The van der Waals surface area contributed by atoms with Crippen molar-refractivity contribution in [3.8, 4) is 0 Å². The van der Waals surface area contributed by atoms with Gasteiger partial charge in [0.2, 0.25) is 0 Å². The van der Waals surface area contributed by atoms with Crippen LogP contribution in [-0.2, 0) is 0 Å². The summed E-state index contributed by atoms with van der Waals surface area (Å²) in [5, 5.41) is 4.76. The average Bonchev–Trinajstić information content (AvgIpc) is 2.39. The van der Waals surface area contributed by atoms with Gasteiger partial charge in [-0.15, -0.1) is 0 Å². The molecule has 0 aliphatic rings. The maximum atomic E-state index is 11.3. The molecule has 5 nitrogen and oxygen atoms in total. The van der Waals surface area contributed by atoms with E-state index in [-0.39, 0.29) is 11.6 Å². The zero-order valence-electron chi connectivity index (χ0n) is 10.9. The Labute approximate surface area is 115 Å². The van der Waals surface area contributed by atoms with Gasteiger partial charge in [0, 0.05) is 30.1 Å². The van der Waals surface area contributed by atoms with Crippen molar-refractivity contribution in [2.75, 3.05) is 6.54 Å². The number of nitrogens with zero attached hydrogens (tertiary/aromatic N) is 2. The van der Waals surface area contributed by atoms with E-state index < -0.39 is 0 Å². The zero-order valence-corrected chi connectivity index (χ0v) is 11.7. The van der Waals surface area contributed by atoms with Crippen LogP contribution in [0.2, 0.25) is 0 Å². The Hall–Kier alpha value is -1.66. The third kappa shape index (κ3) is 3.65. The first-order valence-electron chi connectivity index (χ1n) is 6.12. The molecule has 2 heterocycles. The minimum absolute atomic E-state index is 0.158. The maximum absolute atomic E-state index is 11.3. The number of rotatable bonds is 5. The van der Waals surface area contributed by atoms with E-state index in [1.807, 2.05) is 12.1 Å². The Morgan fingerprint density at radius 3 is 2.95 bits per heavy atom. The van der Waals surface area contributed by atoms with Gasteiger partial charge in [-0.3, -0.25) is 4.79 Å². The topological polar surface area (TPSA) is 70.7 Å². The lowest BCUT2D eigenvalue weighted by Crippen LogP contribution is -2.18. The predicted octanol–water partition coefficient (Wildman–Crippen LogP) is 1.99. The highest BCUT2D eigenvalue weighted by atomic mass is 32.2. The van der Waals surface area contributed by atoms with Crippen molar-refractivity contribution in [1.82, 2.24) is 20.3 Å². The van der Waals surface area contributed by atoms with Crippen molar-refractivity contribution in [2.45, 2.75) is 30.1 Å². The molecule has 1 unspecified atom stereocenters. The maximum Gasteiger partial charge on any atom is 0.251 e. The Morgan fingerprint density at radius 2 is 2.21 bits per heavy atom. The van der Waals surface area contributed by atoms with Crippen LogP contribution in [0, 0.1) is 0 Å². The van der Waals surface area contributed by atoms with E-state index in [2.05, 4.69) is 34.1 Å². The van der Waals surface area contributed by atoms with Gasteiger partial charge in [-0.25, -0.2) is 9.97 Å². The standard InChI is InChI=1S/C13H16N4OS/c1-3-14-9(2)10-5-4-7-15-12(10)19-13-16-8-6-11(18)17-13/h4-9,14H,3H2,1-2H3,(H,16,17,18). The van der Waals surface area contributed by atoms with Crippen molar-refractivity contribution in [2.24, 2.45) is 0 Å². The summed E-state index contributed by atoms with van der Waals surface area (Å²) in [6.45, 7) is 5.04. The minimum atomic E-state index is -0.158. The Bertz CT molecular complexity index is 599. The molecule has 1 atom stereocenters. The lowest BCUT2D eigenvalue weighted by Gasteiger charge is -2.15. The van der Waals surface area contributed by atoms with Gasteiger partial charge in [-0.1, -0.05) is 13.0 Å². The summed E-state index contributed by atoms with van der Waals surface area (Å²) in [6, 6.07) is 5.54. The fourth-order valence-electron chi connectivity index (χ4n) is 1.73. The summed E-state index contributed by atoms with van der Waals surface area (Å²) in [6.07, 6.45) is 3.24. The molecular formula is C13H16N4OS. The first kappa shape index (κ1) is 13.8. The third-order valence-corrected chi connectivity index (χ3v) is 3.55. The van der Waals surface area contributed by atoms with E-state index in [1.165, 1.54) is 24.0 Å². The van der Waals surface area contributed by atoms with Crippen LogP contribution >= 0.6 is 11.8 Å². The molecule has 100 valence electrons. The molecule has 0 saturated heterocycles. The number of aromatic amines is 1. The van der Waals surface area contributed by atoms with Crippen molar-refractivity contribution >= 4 is 11.8 Å². The average molecular weight is 276 g/mol. The van der Waals surface area contributed by atoms with Crippen LogP contribution in [0.25, 0.3) is 0 Å². The molecule has 0 saturated carbocycles. The van der Waals surface area contributed by atoms with Gasteiger partial charge >= 0.3 is 0 Å². The van der Waals surface area contributed by atoms with E-state index in [9.17, 15) is 4.79 Å². The van der Waals surface area contributed by atoms with Crippen molar-refractivity contribution < 1.29 is 0 Å². The van der Waals surface area contributed by atoms with Gasteiger partial charge in [-0.2, -0.15) is 0 Å². The van der Waals surface area contributed by atoms with Crippen molar-refractivity contribution in [3.05, 3.63) is 46.5 Å². The highest BCUT2D eigenvalue weighted by Gasteiger charge is 2.12. The molecule has 0 amide bonds.